The number of rotatable bonds is 6. The average molecular weight is 549 g/mol. The Morgan fingerprint density at radius 1 is 1.03 bits per heavy atom. The smallest absolute Gasteiger partial charge is 0.435 e. The fraction of sp³-hybridized carbons (Fsp3) is 0.130. The summed E-state index contributed by atoms with van der Waals surface area (Å²) < 4.78 is 88.2. The van der Waals surface area contributed by atoms with Crippen LogP contribution >= 0.6 is 0 Å². The van der Waals surface area contributed by atoms with Gasteiger partial charge in [0.15, 0.2) is 21.2 Å². The minimum absolute atomic E-state index is 0.0410. The molecule has 5 rings (SSSR count). The lowest BCUT2D eigenvalue weighted by Crippen LogP contribution is -2.23. The van der Waals surface area contributed by atoms with Gasteiger partial charge in [-0.3, -0.25) is 0 Å². The van der Waals surface area contributed by atoms with Crippen LogP contribution in [0.2, 0.25) is 0 Å². The van der Waals surface area contributed by atoms with Crippen LogP contribution in [0.1, 0.15) is 6.92 Å². The number of ether oxygens (including phenoxy) is 1. The van der Waals surface area contributed by atoms with Crippen LogP contribution in [0, 0.1) is 5.82 Å². The first-order chi connectivity index (χ1) is 17.9. The van der Waals surface area contributed by atoms with Gasteiger partial charge in [0.1, 0.15) is 29.1 Å². The quantitative estimate of drug-likeness (QED) is 0.291. The summed E-state index contributed by atoms with van der Waals surface area (Å²) in [5, 5.41) is 4.01. The van der Waals surface area contributed by atoms with E-state index in [1.807, 2.05) is 0 Å². The third-order valence-corrected chi connectivity index (χ3v) is 7.11. The zero-order valence-corrected chi connectivity index (χ0v) is 20.0. The highest BCUT2D eigenvalue weighted by molar-refractivity contribution is 7.91. The summed E-state index contributed by atoms with van der Waals surface area (Å²) in [5.74, 6) is -1.76. The van der Waals surface area contributed by atoms with Gasteiger partial charge in [-0.2, -0.15) is 9.78 Å². The molecule has 0 atom stereocenters. The molecule has 0 radical (unpaired) electrons. The lowest BCUT2D eigenvalue weighted by molar-refractivity contribution is -0.274. The predicted octanol–water partition coefficient (Wildman–Crippen LogP) is 4.06. The molecule has 0 N–H and O–H groups in total. The number of pyridine rings is 1. The minimum atomic E-state index is -4.93. The standard InChI is InChI=1S/C23H15F4N5O5S/c1-2-38(34,35)18-9-10-19(32-22(33)31(12-28-32)14-5-3-13(24)4-6-14)30-20(18)21-29-16-11-15(37-23(25,26)27)7-8-17(16)36-21/h3-12H,2H2,1H3. The van der Waals surface area contributed by atoms with Gasteiger partial charge in [0.25, 0.3) is 0 Å². The Labute approximate surface area is 210 Å². The van der Waals surface area contributed by atoms with Crippen LogP contribution in [0.25, 0.3) is 34.2 Å². The highest BCUT2D eigenvalue weighted by Gasteiger charge is 2.31. The van der Waals surface area contributed by atoms with Gasteiger partial charge in [0, 0.05) is 6.07 Å². The van der Waals surface area contributed by atoms with Crippen LogP contribution in [-0.4, -0.2) is 44.8 Å². The number of oxazole rings is 1. The van der Waals surface area contributed by atoms with Crippen LogP contribution in [0.3, 0.4) is 0 Å². The van der Waals surface area contributed by atoms with Crippen LogP contribution in [0.15, 0.2) is 75.0 Å². The van der Waals surface area contributed by atoms with E-state index < -0.39 is 33.5 Å². The van der Waals surface area contributed by atoms with Crippen LogP contribution in [-0.2, 0) is 9.84 Å². The van der Waals surface area contributed by atoms with Crippen LogP contribution in [0.5, 0.6) is 5.75 Å². The first-order valence-corrected chi connectivity index (χ1v) is 12.4. The van der Waals surface area contributed by atoms with E-state index in [4.69, 9.17) is 4.42 Å². The summed E-state index contributed by atoms with van der Waals surface area (Å²) in [6, 6.07) is 10.7. The molecule has 0 bridgehead atoms. The Bertz CT molecular complexity index is 1830. The van der Waals surface area contributed by atoms with Gasteiger partial charge < -0.3 is 9.15 Å². The van der Waals surface area contributed by atoms with Gasteiger partial charge in [-0.1, -0.05) is 6.92 Å². The number of benzene rings is 2. The number of hydrogen-bond acceptors (Lipinski definition) is 8. The van der Waals surface area contributed by atoms with Crippen LogP contribution < -0.4 is 10.4 Å². The van der Waals surface area contributed by atoms with Crippen molar-refractivity contribution >= 4 is 20.9 Å². The van der Waals surface area contributed by atoms with Crippen molar-refractivity contribution in [1.29, 1.82) is 0 Å². The predicted molar refractivity (Wildman–Crippen MR) is 124 cm³/mol. The molecule has 0 saturated heterocycles. The Balaban J connectivity index is 1.64. The third-order valence-electron chi connectivity index (χ3n) is 5.35. The molecule has 0 amide bonds. The molecule has 38 heavy (non-hydrogen) atoms. The zero-order chi connectivity index (χ0) is 27.2. The molecule has 0 fully saturated rings. The minimum Gasteiger partial charge on any atom is -0.435 e. The van der Waals surface area contributed by atoms with E-state index in [1.165, 1.54) is 43.6 Å². The van der Waals surface area contributed by atoms with E-state index in [0.29, 0.717) is 5.69 Å². The van der Waals surface area contributed by atoms with Gasteiger partial charge >= 0.3 is 12.1 Å². The topological polar surface area (TPSA) is 122 Å². The third kappa shape index (κ3) is 4.74. The molecule has 0 aliphatic carbocycles. The molecule has 15 heteroatoms. The lowest BCUT2D eigenvalue weighted by atomic mass is 10.3. The van der Waals surface area contributed by atoms with Crippen molar-refractivity contribution in [1.82, 2.24) is 24.3 Å². The maximum Gasteiger partial charge on any atom is 0.573 e. The fourth-order valence-corrected chi connectivity index (χ4v) is 4.57. The van der Waals surface area contributed by atoms with Crippen molar-refractivity contribution in [2.75, 3.05) is 5.75 Å². The number of nitrogens with zero attached hydrogens (tertiary/aromatic N) is 5. The monoisotopic (exact) mass is 549 g/mol. The summed E-state index contributed by atoms with van der Waals surface area (Å²) in [4.78, 5) is 21.1. The second-order valence-electron chi connectivity index (χ2n) is 7.79. The summed E-state index contributed by atoms with van der Waals surface area (Å²) >= 11 is 0. The van der Waals surface area contributed by atoms with Crippen molar-refractivity contribution < 1.29 is 35.1 Å². The number of hydrogen-bond donors (Lipinski definition) is 0. The summed E-state index contributed by atoms with van der Waals surface area (Å²) in [5.41, 5.74) is -0.649. The molecule has 0 aliphatic heterocycles. The maximum absolute atomic E-state index is 13.3. The van der Waals surface area contributed by atoms with E-state index in [9.17, 15) is 30.8 Å². The first kappa shape index (κ1) is 25.1. The SMILES string of the molecule is CCS(=O)(=O)c1ccc(-n2ncn(-c3ccc(F)cc3)c2=O)nc1-c1nc2cc(OC(F)(F)F)ccc2o1. The molecular weight excluding hydrogens is 534 g/mol. The Hall–Kier alpha value is -4.53. The number of aromatic nitrogens is 5. The Kier molecular flexibility index (Phi) is 6.01. The highest BCUT2D eigenvalue weighted by Crippen LogP contribution is 2.32. The molecule has 2 aromatic carbocycles. The second-order valence-corrected chi connectivity index (χ2v) is 10.0. The summed E-state index contributed by atoms with van der Waals surface area (Å²) in [6.07, 6.45) is -3.75. The molecule has 0 saturated carbocycles. The molecule has 0 aliphatic rings. The lowest BCUT2D eigenvalue weighted by Gasteiger charge is -2.08. The number of fused-ring (bicyclic) bond motifs is 1. The van der Waals surface area contributed by atoms with E-state index in [2.05, 4.69) is 19.8 Å². The molecule has 10 nitrogen and oxygen atoms in total. The summed E-state index contributed by atoms with van der Waals surface area (Å²) in [7, 11) is -3.88. The van der Waals surface area contributed by atoms with Crippen molar-refractivity contribution in [2.45, 2.75) is 18.2 Å². The van der Waals surface area contributed by atoms with E-state index in [-0.39, 0.29) is 39.2 Å². The van der Waals surface area contributed by atoms with Crippen molar-refractivity contribution in [3.63, 3.8) is 0 Å². The Morgan fingerprint density at radius 3 is 2.45 bits per heavy atom. The van der Waals surface area contributed by atoms with E-state index in [1.54, 1.807) is 0 Å². The normalized spacial score (nSPS) is 12.2. The second kappa shape index (κ2) is 9.09. The molecule has 0 unspecified atom stereocenters. The number of sulfone groups is 1. The average Bonchev–Trinajstić information content (AvgIpc) is 3.46. The highest BCUT2D eigenvalue weighted by atomic mass is 32.2. The number of alkyl halides is 3. The Morgan fingerprint density at radius 2 is 1.76 bits per heavy atom. The van der Waals surface area contributed by atoms with Gasteiger partial charge in [-0.05, 0) is 48.5 Å². The first-order valence-electron chi connectivity index (χ1n) is 10.8. The molecule has 0 spiro atoms. The zero-order valence-electron chi connectivity index (χ0n) is 19.2. The van der Waals surface area contributed by atoms with E-state index >= 15 is 0 Å². The van der Waals surface area contributed by atoms with Gasteiger partial charge in [0.05, 0.1) is 16.3 Å². The number of halogens is 4. The van der Waals surface area contributed by atoms with Gasteiger partial charge in [-0.15, -0.1) is 13.2 Å². The van der Waals surface area contributed by atoms with Crippen molar-refractivity contribution in [3.05, 3.63) is 77.2 Å². The van der Waals surface area contributed by atoms with Gasteiger partial charge in [-0.25, -0.2) is 32.1 Å². The van der Waals surface area contributed by atoms with Crippen molar-refractivity contribution in [2.24, 2.45) is 0 Å². The molecule has 3 aromatic heterocycles. The van der Waals surface area contributed by atoms with Crippen LogP contribution in [0.4, 0.5) is 17.6 Å². The van der Waals surface area contributed by atoms with Gasteiger partial charge in [0.2, 0.25) is 5.89 Å². The molecule has 5 aromatic rings. The molecular formula is C23H15F4N5O5S. The molecule has 3 heterocycles. The van der Waals surface area contributed by atoms with Crippen molar-refractivity contribution in [3.8, 4) is 28.8 Å². The largest absolute Gasteiger partial charge is 0.573 e. The molecule has 196 valence electrons. The van der Waals surface area contributed by atoms with E-state index in [0.717, 1.165) is 33.5 Å². The fourth-order valence-electron chi connectivity index (χ4n) is 3.56. The summed E-state index contributed by atoms with van der Waals surface area (Å²) in [6.45, 7) is 1.41. The maximum atomic E-state index is 13.3.